The molecule has 0 saturated heterocycles. The summed E-state index contributed by atoms with van der Waals surface area (Å²) in [4.78, 5) is 35.4. The molecule has 8 nitrogen and oxygen atoms in total. The summed E-state index contributed by atoms with van der Waals surface area (Å²) in [6, 6.07) is 2.72. The van der Waals surface area contributed by atoms with Crippen LogP contribution in [0.25, 0.3) is 0 Å². The summed E-state index contributed by atoms with van der Waals surface area (Å²) in [5.41, 5.74) is 0.598. The van der Waals surface area contributed by atoms with Gasteiger partial charge in [-0.2, -0.15) is 0 Å². The Morgan fingerprint density at radius 2 is 1.96 bits per heavy atom. The van der Waals surface area contributed by atoms with Crippen molar-refractivity contribution in [1.82, 2.24) is 5.16 Å². The standard InChI is InChI=1S/C15H16N2O6/c1-7-5-12(18)21-9(3)13(7)15(20)22-10(4)14(19)16-11-6-8(2)17-23-11/h5-6,10H,1-4H3,(H,16,19)/t10-/m0/s1. The second kappa shape index (κ2) is 6.47. The Morgan fingerprint density at radius 3 is 2.52 bits per heavy atom. The Labute approximate surface area is 131 Å². The molecule has 8 heteroatoms. The molecule has 0 radical (unpaired) electrons. The highest BCUT2D eigenvalue weighted by Gasteiger charge is 2.23. The minimum atomic E-state index is -1.07. The number of hydrogen-bond acceptors (Lipinski definition) is 7. The Balaban J connectivity index is 2.07. The zero-order valence-electron chi connectivity index (χ0n) is 13.1. The summed E-state index contributed by atoms with van der Waals surface area (Å²) in [5, 5.41) is 6.07. The fourth-order valence-electron chi connectivity index (χ4n) is 1.98. The van der Waals surface area contributed by atoms with Crippen molar-refractivity contribution < 1.29 is 23.3 Å². The van der Waals surface area contributed by atoms with Crippen LogP contribution in [-0.4, -0.2) is 23.1 Å². The van der Waals surface area contributed by atoms with Gasteiger partial charge in [-0.25, -0.2) is 9.59 Å². The molecule has 0 aliphatic carbocycles. The third kappa shape index (κ3) is 3.85. The first kappa shape index (κ1) is 16.5. The summed E-state index contributed by atoms with van der Waals surface area (Å²) < 4.78 is 14.8. The molecule has 1 atom stereocenters. The predicted octanol–water partition coefficient (Wildman–Crippen LogP) is 1.74. The molecule has 2 aromatic rings. The average Bonchev–Trinajstić information content (AvgIpc) is 2.82. The SMILES string of the molecule is Cc1cc(NC(=O)[C@H](C)OC(=O)c2c(C)cc(=O)oc2C)on1. The Bertz CT molecular complexity index is 778. The molecule has 0 spiro atoms. The van der Waals surface area contributed by atoms with Gasteiger partial charge in [0, 0.05) is 12.1 Å². The minimum Gasteiger partial charge on any atom is -0.449 e. The number of anilines is 1. The van der Waals surface area contributed by atoms with Crippen molar-refractivity contribution in [2.45, 2.75) is 33.8 Å². The number of esters is 1. The molecule has 2 aromatic heterocycles. The van der Waals surface area contributed by atoms with Crippen LogP contribution in [0, 0.1) is 20.8 Å². The highest BCUT2D eigenvalue weighted by atomic mass is 16.5. The number of rotatable bonds is 4. The molecular formula is C15H16N2O6. The van der Waals surface area contributed by atoms with E-state index >= 15 is 0 Å². The van der Waals surface area contributed by atoms with Crippen LogP contribution in [0.4, 0.5) is 5.88 Å². The number of aromatic nitrogens is 1. The minimum absolute atomic E-state index is 0.125. The second-order valence-electron chi connectivity index (χ2n) is 5.05. The molecule has 0 aliphatic rings. The molecule has 1 N–H and O–H groups in total. The van der Waals surface area contributed by atoms with Gasteiger partial charge in [-0.3, -0.25) is 10.1 Å². The number of carbonyl (C=O) groups is 2. The normalized spacial score (nSPS) is 11.8. The first-order valence-electron chi connectivity index (χ1n) is 6.84. The van der Waals surface area contributed by atoms with Gasteiger partial charge in [0.2, 0.25) is 5.88 Å². The van der Waals surface area contributed by atoms with E-state index in [-0.39, 0.29) is 17.2 Å². The molecule has 1 amide bonds. The van der Waals surface area contributed by atoms with Crippen molar-refractivity contribution in [3.05, 3.63) is 45.1 Å². The van der Waals surface area contributed by atoms with E-state index in [4.69, 9.17) is 13.7 Å². The maximum Gasteiger partial charge on any atom is 0.342 e. The second-order valence-corrected chi connectivity index (χ2v) is 5.05. The van der Waals surface area contributed by atoms with Crippen LogP contribution >= 0.6 is 0 Å². The van der Waals surface area contributed by atoms with Crippen LogP contribution < -0.4 is 10.9 Å². The number of nitrogens with one attached hydrogen (secondary N) is 1. The lowest BCUT2D eigenvalue weighted by Gasteiger charge is -2.13. The van der Waals surface area contributed by atoms with E-state index < -0.39 is 23.6 Å². The van der Waals surface area contributed by atoms with Gasteiger partial charge in [-0.1, -0.05) is 5.16 Å². The van der Waals surface area contributed by atoms with Gasteiger partial charge >= 0.3 is 11.6 Å². The monoisotopic (exact) mass is 320 g/mol. The largest absolute Gasteiger partial charge is 0.449 e. The molecule has 0 aliphatic heterocycles. The Kier molecular flexibility index (Phi) is 4.63. The van der Waals surface area contributed by atoms with Crippen LogP contribution in [-0.2, 0) is 9.53 Å². The third-order valence-corrected chi connectivity index (χ3v) is 3.07. The van der Waals surface area contributed by atoms with Crippen molar-refractivity contribution in [3.63, 3.8) is 0 Å². The molecular weight excluding hydrogens is 304 g/mol. The number of aryl methyl sites for hydroxylation is 3. The summed E-state index contributed by atoms with van der Waals surface area (Å²) >= 11 is 0. The summed E-state index contributed by atoms with van der Waals surface area (Å²) in [6.07, 6.45) is -1.07. The lowest BCUT2D eigenvalue weighted by molar-refractivity contribution is -0.124. The molecule has 0 fully saturated rings. The summed E-state index contributed by atoms with van der Waals surface area (Å²) in [7, 11) is 0. The molecule has 2 heterocycles. The number of ether oxygens (including phenoxy) is 1. The molecule has 2 rings (SSSR count). The predicted molar refractivity (Wildman–Crippen MR) is 79.2 cm³/mol. The molecule has 0 bridgehead atoms. The molecule has 0 unspecified atom stereocenters. The highest BCUT2D eigenvalue weighted by molar-refractivity contribution is 5.97. The first-order valence-corrected chi connectivity index (χ1v) is 6.84. The zero-order valence-corrected chi connectivity index (χ0v) is 13.1. The molecule has 0 aromatic carbocycles. The lowest BCUT2D eigenvalue weighted by atomic mass is 10.1. The zero-order chi connectivity index (χ0) is 17.1. The van der Waals surface area contributed by atoms with Gasteiger partial charge in [0.15, 0.2) is 6.10 Å². The van der Waals surface area contributed by atoms with E-state index in [1.54, 1.807) is 13.8 Å². The number of amides is 1. The lowest BCUT2D eigenvalue weighted by Crippen LogP contribution is -2.30. The van der Waals surface area contributed by atoms with E-state index in [1.165, 1.54) is 26.0 Å². The maximum atomic E-state index is 12.2. The highest BCUT2D eigenvalue weighted by Crippen LogP contribution is 2.14. The van der Waals surface area contributed by atoms with E-state index in [0.717, 1.165) is 0 Å². The Morgan fingerprint density at radius 1 is 1.26 bits per heavy atom. The molecule has 122 valence electrons. The fourth-order valence-corrected chi connectivity index (χ4v) is 1.98. The first-order chi connectivity index (χ1) is 10.8. The van der Waals surface area contributed by atoms with Crippen LogP contribution in [0.1, 0.15) is 34.3 Å². The van der Waals surface area contributed by atoms with Gasteiger partial charge in [-0.15, -0.1) is 0 Å². The van der Waals surface area contributed by atoms with Gasteiger partial charge in [0.25, 0.3) is 5.91 Å². The smallest absolute Gasteiger partial charge is 0.342 e. The van der Waals surface area contributed by atoms with Gasteiger partial charge in [0.05, 0.1) is 5.69 Å². The van der Waals surface area contributed by atoms with Crippen molar-refractivity contribution in [2.75, 3.05) is 5.32 Å². The van der Waals surface area contributed by atoms with Crippen LogP contribution in [0.3, 0.4) is 0 Å². The topological polar surface area (TPSA) is 112 Å². The summed E-state index contributed by atoms with van der Waals surface area (Å²) in [6.45, 7) is 6.19. The van der Waals surface area contributed by atoms with Crippen molar-refractivity contribution in [2.24, 2.45) is 0 Å². The number of hydrogen-bond donors (Lipinski definition) is 1. The average molecular weight is 320 g/mol. The van der Waals surface area contributed by atoms with E-state index in [9.17, 15) is 14.4 Å². The van der Waals surface area contributed by atoms with Crippen LogP contribution in [0.2, 0.25) is 0 Å². The molecule has 0 saturated carbocycles. The van der Waals surface area contributed by atoms with Gasteiger partial charge < -0.3 is 13.7 Å². The summed E-state index contributed by atoms with van der Waals surface area (Å²) in [5.74, 6) is -1.02. The van der Waals surface area contributed by atoms with Crippen molar-refractivity contribution in [3.8, 4) is 0 Å². The fraction of sp³-hybridized carbons (Fsp3) is 0.333. The van der Waals surface area contributed by atoms with Gasteiger partial charge in [-0.05, 0) is 33.3 Å². The van der Waals surface area contributed by atoms with Crippen molar-refractivity contribution in [1.29, 1.82) is 0 Å². The Hall–Kier alpha value is -2.90. The number of carbonyl (C=O) groups excluding carboxylic acids is 2. The van der Waals surface area contributed by atoms with E-state index in [2.05, 4.69) is 10.5 Å². The number of nitrogens with zero attached hydrogens (tertiary/aromatic N) is 1. The quantitative estimate of drug-likeness (QED) is 0.854. The maximum absolute atomic E-state index is 12.2. The van der Waals surface area contributed by atoms with Gasteiger partial charge in [0.1, 0.15) is 11.3 Å². The van der Waals surface area contributed by atoms with Crippen LogP contribution in [0.15, 0.2) is 25.9 Å². The van der Waals surface area contributed by atoms with E-state index in [1.807, 2.05) is 0 Å². The third-order valence-electron chi connectivity index (χ3n) is 3.07. The van der Waals surface area contributed by atoms with Crippen molar-refractivity contribution >= 4 is 17.8 Å². The molecule has 23 heavy (non-hydrogen) atoms. The van der Waals surface area contributed by atoms with E-state index in [0.29, 0.717) is 11.3 Å². The van der Waals surface area contributed by atoms with Crippen LogP contribution in [0.5, 0.6) is 0 Å².